The molecule has 5 rings (SSSR count). The van der Waals surface area contributed by atoms with Crippen molar-refractivity contribution in [3.05, 3.63) is 41.6 Å². The molecule has 0 saturated carbocycles. The minimum Gasteiger partial charge on any atom is -0.370 e. The van der Waals surface area contributed by atoms with Crippen molar-refractivity contribution < 1.29 is 9.53 Å². The number of carbonyl (C=O) groups is 1. The van der Waals surface area contributed by atoms with Gasteiger partial charge in [-0.15, -0.1) is 0 Å². The molecule has 12 nitrogen and oxygen atoms in total. The van der Waals surface area contributed by atoms with Crippen molar-refractivity contribution in [1.29, 1.82) is 5.26 Å². The second-order valence-electron chi connectivity index (χ2n) is 12.2. The van der Waals surface area contributed by atoms with E-state index in [-0.39, 0.29) is 18.1 Å². The summed E-state index contributed by atoms with van der Waals surface area (Å²) < 4.78 is 6.42. The fraction of sp³-hybridized carbons (Fsp3) is 0.545. The Balaban J connectivity index is 1.16. The first kappa shape index (κ1) is 32.3. The second-order valence-corrected chi connectivity index (χ2v) is 12.2. The lowest BCUT2D eigenvalue weighted by molar-refractivity contribution is -0.132. The molecule has 3 aliphatic rings. The van der Waals surface area contributed by atoms with Crippen molar-refractivity contribution >= 4 is 41.8 Å². The van der Waals surface area contributed by atoms with Crippen molar-refractivity contribution in [2.75, 3.05) is 107 Å². The monoisotopic (exact) mass is 614 g/mol. The van der Waals surface area contributed by atoms with Crippen molar-refractivity contribution in [2.45, 2.75) is 26.1 Å². The van der Waals surface area contributed by atoms with E-state index in [4.69, 9.17) is 9.72 Å². The Morgan fingerprint density at radius 2 is 1.82 bits per heavy atom. The van der Waals surface area contributed by atoms with E-state index in [9.17, 15) is 10.1 Å². The lowest BCUT2D eigenvalue weighted by Gasteiger charge is -2.42. The maximum Gasteiger partial charge on any atom is 0.236 e. The largest absolute Gasteiger partial charge is 0.370 e. The summed E-state index contributed by atoms with van der Waals surface area (Å²) in [6, 6.07) is 8.10. The normalized spacial score (nSPS) is 21.4. The molecule has 0 spiro atoms. The van der Waals surface area contributed by atoms with Crippen LogP contribution in [0.2, 0.25) is 0 Å². The number of amides is 1. The number of aromatic nitrogens is 2. The van der Waals surface area contributed by atoms with Gasteiger partial charge < -0.3 is 29.2 Å². The third-order valence-electron chi connectivity index (χ3n) is 8.63. The molecule has 0 radical (unpaired) electrons. The van der Waals surface area contributed by atoms with Crippen LogP contribution in [0, 0.1) is 11.3 Å². The van der Waals surface area contributed by atoms with Crippen LogP contribution in [-0.4, -0.2) is 142 Å². The highest BCUT2D eigenvalue weighted by Crippen LogP contribution is 2.35. The predicted molar refractivity (Wildman–Crippen MR) is 180 cm³/mol. The lowest BCUT2D eigenvalue weighted by Crippen LogP contribution is -2.54. The Morgan fingerprint density at radius 3 is 2.49 bits per heavy atom. The third kappa shape index (κ3) is 7.79. The van der Waals surface area contributed by atoms with Gasteiger partial charge in [0.05, 0.1) is 30.0 Å². The summed E-state index contributed by atoms with van der Waals surface area (Å²) >= 11 is 0. The molecule has 3 fully saturated rings. The summed E-state index contributed by atoms with van der Waals surface area (Å²) in [5, 5.41) is 9.60. The van der Waals surface area contributed by atoms with Gasteiger partial charge in [-0.05, 0) is 52.9 Å². The van der Waals surface area contributed by atoms with Crippen LogP contribution in [0.1, 0.15) is 25.0 Å². The molecule has 3 aliphatic heterocycles. The first-order valence-electron chi connectivity index (χ1n) is 15.8. The van der Waals surface area contributed by atoms with Crippen LogP contribution >= 0.6 is 0 Å². The molecule has 240 valence electrons. The molecule has 2 aromatic rings. The number of carbonyl (C=O) groups excluding carboxylic acids is 1. The first-order chi connectivity index (χ1) is 21.8. The van der Waals surface area contributed by atoms with E-state index in [1.165, 1.54) is 0 Å². The standard InChI is InChI=1S/C33H46N10O2/c1-6-7-28-29(9-8-26(20-34)32(28)35-3)43-21-25(2)45-27(23-43)22-39-12-14-40(15-13-39)30-10-11-36-33(37-30)42-18-16-41(17-19-42)31(44)24-38(4)5/h6-11,25,27H,3,12-19,21-24H2,1-2,4-5H3/b7-6-/t25-,27+/m1/s1. The number of hydrogen-bond donors (Lipinski definition) is 0. The average molecular weight is 615 g/mol. The number of benzene rings is 1. The number of hydrogen-bond acceptors (Lipinski definition) is 11. The molecule has 1 aromatic carbocycles. The third-order valence-corrected chi connectivity index (χ3v) is 8.63. The van der Waals surface area contributed by atoms with Crippen LogP contribution in [0.5, 0.6) is 0 Å². The fourth-order valence-corrected chi connectivity index (χ4v) is 6.45. The molecule has 45 heavy (non-hydrogen) atoms. The molecular weight excluding hydrogens is 568 g/mol. The molecule has 4 heterocycles. The van der Waals surface area contributed by atoms with E-state index in [0.29, 0.717) is 30.9 Å². The summed E-state index contributed by atoms with van der Waals surface area (Å²) in [6.45, 7) is 17.1. The van der Waals surface area contributed by atoms with Gasteiger partial charge in [0.15, 0.2) is 0 Å². The van der Waals surface area contributed by atoms with Crippen LogP contribution in [0.4, 0.5) is 23.1 Å². The minimum atomic E-state index is 0.0588. The zero-order valence-electron chi connectivity index (χ0n) is 27.1. The zero-order chi connectivity index (χ0) is 31.9. The van der Waals surface area contributed by atoms with Gasteiger partial charge in [-0.1, -0.05) is 12.2 Å². The number of rotatable bonds is 9. The van der Waals surface area contributed by atoms with Gasteiger partial charge in [0, 0.05) is 89.4 Å². The van der Waals surface area contributed by atoms with E-state index >= 15 is 0 Å². The average Bonchev–Trinajstić information content (AvgIpc) is 3.04. The van der Waals surface area contributed by atoms with E-state index in [0.717, 1.165) is 81.9 Å². The summed E-state index contributed by atoms with van der Waals surface area (Å²) in [5.74, 6) is 1.84. The van der Waals surface area contributed by atoms with Crippen molar-refractivity contribution in [3.8, 4) is 6.07 Å². The molecule has 0 aliphatic carbocycles. The van der Waals surface area contributed by atoms with Gasteiger partial charge in [-0.3, -0.25) is 14.7 Å². The molecule has 0 unspecified atom stereocenters. The van der Waals surface area contributed by atoms with Crippen LogP contribution in [0.3, 0.4) is 0 Å². The van der Waals surface area contributed by atoms with Gasteiger partial charge in [-0.2, -0.15) is 10.2 Å². The summed E-state index contributed by atoms with van der Waals surface area (Å²) in [7, 11) is 3.84. The molecule has 0 bridgehead atoms. The molecule has 12 heteroatoms. The summed E-state index contributed by atoms with van der Waals surface area (Å²) in [6.07, 6.45) is 5.97. The predicted octanol–water partition coefficient (Wildman–Crippen LogP) is 2.34. The topological polar surface area (TPSA) is 108 Å². The number of piperazine rings is 2. The van der Waals surface area contributed by atoms with Gasteiger partial charge in [0.2, 0.25) is 11.9 Å². The number of allylic oxidation sites excluding steroid dienone is 1. The lowest BCUT2D eigenvalue weighted by atomic mass is 10.0. The van der Waals surface area contributed by atoms with E-state index in [1.807, 2.05) is 67.4 Å². The van der Waals surface area contributed by atoms with Gasteiger partial charge in [0.1, 0.15) is 11.9 Å². The van der Waals surface area contributed by atoms with E-state index in [2.05, 4.69) is 49.3 Å². The second kappa shape index (κ2) is 14.8. The Kier molecular flexibility index (Phi) is 10.7. The first-order valence-corrected chi connectivity index (χ1v) is 15.8. The Labute approximate surface area is 267 Å². The molecule has 3 saturated heterocycles. The molecular formula is C33H46N10O2. The van der Waals surface area contributed by atoms with Crippen LogP contribution < -0.4 is 14.7 Å². The minimum absolute atomic E-state index is 0.0588. The van der Waals surface area contributed by atoms with Crippen LogP contribution in [-0.2, 0) is 9.53 Å². The number of morpholine rings is 1. The highest BCUT2D eigenvalue weighted by Gasteiger charge is 2.30. The Bertz CT molecular complexity index is 1410. The fourth-order valence-electron chi connectivity index (χ4n) is 6.45. The van der Waals surface area contributed by atoms with E-state index in [1.54, 1.807) is 0 Å². The highest BCUT2D eigenvalue weighted by molar-refractivity contribution is 5.82. The smallest absolute Gasteiger partial charge is 0.236 e. The van der Waals surface area contributed by atoms with Crippen molar-refractivity contribution in [1.82, 2.24) is 24.7 Å². The van der Waals surface area contributed by atoms with Crippen LogP contribution in [0.25, 0.3) is 6.08 Å². The summed E-state index contributed by atoms with van der Waals surface area (Å²) in [4.78, 5) is 39.3. The Morgan fingerprint density at radius 1 is 1.09 bits per heavy atom. The molecule has 0 N–H and O–H groups in total. The van der Waals surface area contributed by atoms with Gasteiger partial charge in [0.25, 0.3) is 0 Å². The molecule has 1 aromatic heterocycles. The maximum absolute atomic E-state index is 12.4. The molecule has 1 amide bonds. The number of aliphatic imine (C=N–C) groups is 1. The van der Waals surface area contributed by atoms with Crippen LogP contribution in [0.15, 0.2) is 35.5 Å². The number of nitriles is 1. The molecule has 2 atom stereocenters. The summed E-state index contributed by atoms with van der Waals surface area (Å²) in [5.41, 5.74) is 3.14. The number of anilines is 3. The zero-order valence-corrected chi connectivity index (χ0v) is 27.1. The van der Waals surface area contributed by atoms with Gasteiger partial charge in [-0.25, -0.2) is 4.98 Å². The van der Waals surface area contributed by atoms with Gasteiger partial charge >= 0.3 is 0 Å². The number of nitrogens with zero attached hydrogens (tertiary/aromatic N) is 10. The number of likely N-dealkylation sites (N-methyl/N-ethyl adjacent to an activating group) is 1. The van der Waals surface area contributed by atoms with Crippen molar-refractivity contribution in [2.24, 2.45) is 4.99 Å². The highest BCUT2D eigenvalue weighted by atomic mass is 16.5. The SMILES string of the molecule is C=Nc1c(C#N)ccc(N2C[C@H](CN3CCN(c4ccnc(N5CCN(C(=O)CN(C)C)CC5)n4)CC3)O[C@H](C)C2)c1/C=C\C. The van der Waals surface area contributed by atoms with Crippen molar-refractivity contribution in [3.63, 3.8) is 0 Å². The maximum atomic E-state index is 12.4. The Hall–Kier alpha value is -4.05. The number of ether oxygens (including phenoxy) is 1. The quantitative estimate of drug-likeness (QED) is 0.391. The van der Waals surface area contributed by atoms with E-state index < -0.39 is 0 Å².